The molecule has 0 bridgehead atoms. The van der Waals surface area contributed by atoms with Crippen molar-refractivity contribution in [3.63, 3.8) is 0 Å². The van der Waals surface area contributed by atoms with Crippen LogP contribution in [0.3, 0.4) is 0 Å². The minimum atomic E-state index is -4.00. The molecule has 0 spiro atoms. The number of sulfonamides is 1. The average molecular weight is 468 g/mol. The number of hydrogen-bond acceptors (Lipinski definition) is 6. The van der Waals surface area contributed by atoms with Gasteiger partial charge in [0.1, 0.15) is 6.54 Å². The van der Waals surface area contributed by atoms with Gasteiger partial charge in [0.15, 0.2) is 5.78 Å². The quantitative estimate of drug-likeness (QED) is 0.355. The molecule has 0 aliphatic rings. The number of halogens is 1. The lowest BCUT2D eigenvalue weighted by Gasteiger charge is -2.23. The van der Waals surface area contributed by atoms with Gasteiger partial charge in [-0.15, -0.1) is 0 Å². The van der Waals surface area contributed by atoms with Gasteiger partial charge >= 0.3 is 0 Å². The number of carbonyl (C=O) groups excluding carboxylic acids is 1. The van der Waals surface area contributed by atoms with Crippen molar-refractivity contribution in [1.82, 2.24) is 10.1 Å². The van der Waals surface area contributed by atoms with Crippen molar-refractivity contribution in [2.24, 2.45) is 0 Å². The molecule has 9 heteroatoms. The first kappa shape index (κ1) is 21.7. The van der Waals surface area contributed by atoms with E-state index in [1.807, 2.05) is 30.3 Å². The highest BCUT2D eigenvalue weighted by molar-refractivity contribution is 7.92. The lowest BCUT2D eigenvalue weighted by molar-refractivity contribution is 0.101. The Kier molecular flexibility index (Phi) is 6.07. The summed E-state index contributed by atoms with van der Waals surface area (Å²) in [5.41, 5.74) is 1.58. The summed E-state index contributed by atoms with van der Waals surface area (Å²) in [7, 11) is -4.00. The van der Waals surface area contributed by atoms with Crippen molar-refractivity contribution in [2.45, 2.75) is 18.4 Å². The van der Waals surface area contributed by atoms with E-state index in [2.05, 4.69) is 10.1 Å². The average Bonchev–Trinajstić information content (AvgIpc) is 3.27. The lowest BCUT2D eigenvalue weighted by atomic mass is 10.1. The molecule has 0 saturated carbocycles. The van der Waals surface area contributed by atoms with E-state index in [1.165, 1.54) is 31.2 Å². The molecule has 0 aliphatic heterocycles. The van der Waals surface area contributed by atoms with E-state index in [-0.39, 0.29) is 23.1 Å². The Balaban J connectivity index is 1.73. The number of hydrogen-bond donors (Lipinski definition) is 0. The van der Waals surface area contributed by atoms with Crippen LogP contribution in [0.4, 0.5) is 5.69 Å². The highest BCUT2D eigenvalue weighted by atomic mass is 35.5. The third-order valence-corrected chi connectivity index (χ3v) is 6.78. The third-order valence-electron chi connectivity index (χ3n) is 4.74. The molecule has 0 unspecified atom stereocenters. The predicted octanol–water partition coefficient (Wildman–Crippen LogP) is 4.99. The van der Waals surface area contributed by atoms with Gasteiger partial charge in [0.2, 0.25) is 11.7 Å². The molecule has 7 nitrogen and oxygen atoms in total. The fourth-order valence-corrected chi connectivity index (χ4v) is 4.60. The van der Waals surface area contributed by atoms with E-state index in [9.17, 15) is 13.2 Å². The second-order valence-corrected chi connectivity index (χ2v) is 9.25. The molecule has 32 heavy (non-hydrogen) atoms. The number of aromatic nitrogens is 2. The Bertz CT molecular complexity index is 1340. The van der Waals surface area contributed by atoms with Gasteiger partial charge in [-0.1, -0.05) is 47.1 Å². The van der Waals surface area contributed by atoms with Gasteiger partial charge in [-0.25, -0.2) is 8.42 Å². The first-order chi connectivity index (χ1) is 15.3. The molecule has 3 aromatic carbocycles. The maximum Gasteiger partial charge on any atom is 0.264 e. The first-order valence-electron chi connectivity index (χ1n) is 9.62. The number of ketones is 1. The molecule has 0 aliphatic carbocycles. The standard InChI is InChI=1S/C23H18ClN3O4S/c1-16(28)17-7-11-20(12-8-17)27(32(29,30)21-13-9-19(24)10-14-21)15-22-25-23(26-31-22)18-5-3-2-4-6-18/h2-14H,15H2,1H3. The molecule has 0 radical (unpaired) electrons. The molecule has 0 fully saturated rings. The van der Waals surface area contributed by atoms with Crippen molar-refractivity contribution in [3.8, 4) is 11.4 Å². The normalized spacial score (nSPS) is 11.3. The molecule has 162 valence electrons. The van der Waals surface area contributed by atoms with Gasteiger partial charge in [0, 0.05) is 16.1 Å². The molecule has 4 aromatic rings. The predicted molar refractivity (Wildman–Crippen MR) is 121 cm³/mol. The molecule has 0 atom stereocenters. The van der Waals surface area contributed by atoms with Gasteiger partial charge in [-0.3, -0.25) is 9.10 Å². The summed E-state index contributed by atoms with van der Waals surface area (Å²) in [5.74, 6) is 0.362. The zero-order chi connectivity index (χ0) is 22.7. The van der Waals surface area contributed by atoms with Crippen molar-refractivity contribution < 1.29 is 17.7 Å². The zero-order valence-electron chi connectivity index (χ0n) is 17.0. The highest BCUT2D eigenvalue weighted by Gasteiger charge is 2.27. The van der Waals surface area contributed by atoms with Crippen LogP contribution in [-0.2, 0) is 16.6 Å². The van der Waals surface area contributed by atoms with E-state index >= 15 is 0 Å². The van der Waals surface area contributed by atoms with Crippen LogP contribution >= 0.6 is 11.6 Å². The van der Waals surface area contributed by atoms with Crippen molar-refractivity contribution in [3.05, 3.63) is 95.3 Å². The minimum absolute atomic E-state index is 0.0559. The first-order valence-corrected chi connectivity index (χ1v) is 11.4. The van der Waals surface area contributed by atoms with Crippen LogP contribution in [0.1, 0.15) is 23.2 Å². The fraction of sp³-hybridized carbons (Fsp3) is 0.0870. The molecule has 4 rings (SSSR count). The molecular weight excluding hydrogens is 450 g/mol. The minimum Gasteiger partial charge on any atom is -0.337 e. The molecule has 0 saturated heterocycles. The molecule has 1 aromatic heterocycles. The summed E-state index contributed by atoms with van der Waals surface area (Å²) >= 11 is 5.92. The summed E-state index contributed by atoms with van der Waals surface area (Å²) in [5, 5.41) is 4.39. The van der Waals surface area contributed by atoms with Gasteiger partial charge in [-0.2, -0.15) is 4.98 Å². The molecular formula is C23H18ClN3O4S. The number of Topliss-reactive ketones (excluding diaryl/α,β-unsaturated/α-hetero) is 1. The third kappa shape index (κ3) is 4.56. The lowest BCUT2D eigenvalue weighted by Crippen LogP contribution is -2.30. The Labute approximate surface area is 190 Å². The molecule has 0 amide bonds. The monoisotopic (exact) mass is 467 g/mol. The number of anilines is 1. The molecule has 1 heterocycles. The number of nitrogens with zero attached hydrogens (tertiary/aromatic N) is 3. The number of rotatable bonds is 7. The Hall–Kier alpha value is -3.49. The maximum absolute atomic E-state index is 13.5. The second-order valence-electron chi connectivity index (χ2n) is 6.95. The maximum atomic E-state index is 13.5. The van der Waals surface area contributed by atoms with Gasteiger partial charge < -0.3 is 4.52 Å². The Morgan fingerprint density at radius 2 is 1.62 bits per heavy atom. The van der Waals surface area contributed by atoms with Crippen molar-refractivity contribution in [1.29, 1.82) is 0 Å². The van der Waals surface area contributed by atoms with Crippen LogP contribution in [0.15, 0.2) is 88.3 Å². The molecule has 0 N–H and O–H groups in total. The van der Waals surface area contributed by atoms with E-state index in [0.29, 0.717) is 22.1 Å². The van der Waals surface area contributed by atoms with Crippen LogP contribution < -0.4 is 4.31 Å². The van der Waals surface area contributed by atoms with Crippen LogP contribution in [-0.4, -0.2) is 24.3 Å². The topological polar surface area (TPSA) is 93.4 Å². The highest BCUT2D eigenvalue weighted by Crippen LogP contribution is 2.27. The number of carbonyl (C=O) groups is 1. The van der Waals surface area contributed by atoms with E-state index in [0.717, 1.165) is 9.87 Å². The fourth-order valence-electron chi connectivity index (χ4n) is 3.06. The largest absolute Gasteiger partial charge is 0.337 e. The van der Waals surface area contributed by atoms with E-state index in [4.69, 9.17) is 16.1 Å². The summed E-state index contributed by atoms with van der Waals surface area (Å²) < 4.78 is 33.4. The van der Waals surface area contributed by atoms with E-state index in [1.54, 1.807) is 24.3 Å². The second kappa shape index (κ2) is 8.94. The van der Waals surface area contributed by atoms with Gasteiger partial charge in [0.25, 0.3) is 10.0 Å². The zero-order valence-corrected chi connectivity index (χ0v) is 18.5. The summed E-state index contributed by atoms with van der Waals surface area (Å²) in [4.78, 5) is 16.0. The smallest absolute Gasteiger partial charge is 0.264 e. The SMILES string of the molecule is CC(=O)c1ccc(N(Cc2nc(-c3ccccc3)no2)S(=O)(=O)c2ccc(Cl)cc2)cc1. The van der Waals surface area contributed by atoms with Crippen LogP contribution in [0.25, 0.3) is 11.4 Å². The Morgan fingerprint density at radius 3 is 2.25 bits per heavy atom. The number of benzene rings is 3. The van der Waals surface area contributed by atoms with Crippen LogP contribution in [0.5, 0.6) is 0 Å². The van der Waals surface area contributed by atoms with Crippen molar-refractivity contribution in [2.75, 3.05) is 4.31 Å². The summed E-state index contributed by atoms with van der Waals surface area (Å²) in [6.07, 6.45) is 0. The Morgan fingerprint density at radius 1 is 0.969 bits per heavy atom. The van der Waals surface area contributed by atoms with Crippen LogP contribution in [0.2, 0.25) is 5.02 Å². The van der Waals surface area contributed by atoms with E-state index < -0.39 is 10.0 Å². The van der Waals surface area contributed by atoms with Crippen molar-refractivity contribution >= 4 is 33.1 Å². The summed E-state index contributed by atoms with van der Waals surface area (Å²) in [6, 6.07) is 21.4. The van der Waals surface area contributed by atoms with Crippen LogP contribution in [0, 0.1) is 0 Å². The van der Waals surface area contributed by atoms with Gasteiger partial charge in [-0.05, 0) is 55.5 Å². The van der Waals surface area contributed by atoms with Gasteiger partial charge in [0.05, 0.1) is 10.6 Å². The summed E-state index contributed by atoms with van der Waals surface area (Å²) in [6.45, 7) is 1.25.